The topological polar surface area (TPSA) is 52.3 Å². The summed E-state index contributed by atoms with van der Waals surface area (Å²) in [4.78, 5) is 15.3. The van der Waals surface area contributed by atoms with Gasteiger partial charge in [0.2, 0.25) is 5.89 Å². The van der Waals surface area contributed by atoms with Gasteiger partial charge in [0.25, 0.3) is 0 Å². The molecule has 0 aliphatic rings. The van der Waals surface area contributed by atoms with E-state index in [0.717, 1.165) is 0 Å². The highest BCUT2D eigenvalue weighted by Gasteiger charge is 2.20. The summed E-state index contributed by atoms with van der Waals surface area (Å²) in [6.07, 6.45) is 2.77. The third-order valence-electron chi connectivity index (χ3n) is 2.07. The van der Waals surface area contributed by atoms with E-state index in [0.29, 0.717) is 0 Å². The molecular formula is C11H8FNO3. The lowest BCUT2D eigenvalue weighted by molar-refractivity contribution is 0.0596. The van der Waals surface area contributed by atoms with E-state index < -0.39 is 11.8 Å². The molecule has 0 unspecified atom stereocenters. The quantitative estimate of drug-likeness (QED) is 0.730. The van der Waals surface area contributed by atoms with Gasteiger partial charge in [0, 0.05) is 0 Å². The summed E-state index contributed by atoms with van der Waals surface area (Å²) in [5, 5.41) is 0. The fourth-order valence-electron chi connectivity index (χ4n) is 1.37. The first-order valence-corrected chi connectivity index (χ1v) is 4.50. The molecule has 0 radical (unpaired) electrons. The van der Waals surface area contributed by atoms with E-state index in [1.807, 2.05) is 0 Å². The van der Waals surface area contributed by atoms with Crippen LogP contribution in [0.15, 0.2) is 35.1 Å². The monoisotopic (exact) mass is 221 g/mol. The van der Waals surface area contributed by atoms with Gasteiger partial charge in [-0.2, -0.15) is 0 Å². The summed E-state index contributed by atoms with van der Waals surface area (Å²) in [5.74, 6) is -1.24. The van der Waals surface area contributed by atoms with Crippen LogP contribution in [0.1, 0.15) is 10.4 Å². The molecule has 0 saturated heterocycles. The molecule has 1 heterocycles. The normalized spacial score (nSPS) is 10.1. The molecule has 2 aromatic rings. The van der Waals surface area contributed by atoms with Crippen LogP contribution in [-0.2, 0) is 4.74 Å². The third kappa shape index (κ3) is 1.67. The number of oxazole rings is 1. The van der Waals surface area contributed by atoms with Crippen molar-refractivity contribution in [3.05, 3.63) is 42.0 Å². The Bertz CT molecular complexity index is 508. The highest BCUT2D eigenvalue weighted by atomic mass is 19.1. The van der Waals surface area contributed by atoms with Gasteiger partial charge in [-0.1, -0.05) is 6.07 Å². The van der Waals surface area contributed by atoms with Crippen LogP contribution in [0.2, 0.25) is 0 Å². The Balaban J connectivity index is 2.62. The number of hydrogen-bond acceptors (Lipinski definition) is 4. The van der Waals surface area contributed by atoms with Gasteiger partial charge < -0.3 is 9.15 Å². The molecule has 0 aliphatic carbocycles. The molecule has 0 N–H and O–H groups in total. The zero-order valence-corrected chi connectivity index (χ0v) is 8.44. The maximum Gasteiger partial charge on any atom is 0.341 e. The fraction of sp³-hybridized carbons (Fsp3) is 0.0909. The number of methoxy groups -OCH3 is 1. The molecule has 2 rings (SSSR count). The molecular weight excluding hydrogens is 213 g/mol. The van der Waals surface area contributed by atoms with Crippen LogP contribution < -0.4 is 0 Å². The minimum Gasteiger partial charge on any atom is -0.465 e. The number of carbonyl (C=O) groups is 1. The highest BCUT2D eigenvalue weighted by molar-refractivity contribution is 5.96. The average Bonchev–Trinajstić information content (AvgIpc) is 2.81. The van der Waals surface area contributed by atoms with E-state index in [1.54, 1.807) is 6.07 Å². The van der Waals surface area contributed by atoms with Gasteiger partial charge in [-0.3, -0.25) is 0 Å². The van der Waals surface area contributed by atoms with Crippen molar-refractivity contribution in [2.24, 2.45) is 0 Å². The summed E-state index contributed by atoms with van der Waals surface area (Å²) in [6.45, 7) is 0. The molecule has 0 bridgehead atoms. The molecule has 0 saturated carbocycles. The van der Waals surface area contributed by atoms with Crippen LogP contribution in [0.25, 0.3) is 11.5 Å². The second-order valence-corrected chi connectivity index (χ2v) is 2.99. The second-order valence-electron chi connectivity index (χ2n) is 2.99. The van der Waals surface area contributed by atoms with Crippen molar-refractivity contribution in [1.29, 1.82) is 0 Å². The van der Waals surface area contributed by atoms with E-state index in [9.17, 15) is 9.18 Å². The first-order chi connectivity index (χ1) is 7.74. The van der Waals surface area contributed by atoms with Crippen molar-refractivity contribution in [3.8, 4) is 11.5 Å². The van der Waals surface area contributed by atoms with E-state index in [2.05, 4.69) is 9.72 Å². The highest BCUT2D eigenvalue weighted by Crippen LogP contribution is 2.24. The summed E-state index contributed by atoms with van der Waals surface area (Å²) in [5.41, 5.74) is 0.101. The minimum atomic E-state index is -0.758. The Morgan fingerprint density at radius 2 is 2.31 bits per heavy atom. The molecule has 0 aliphatic heterocycles. The lowest BCUT2D eigenvalue weighted by atomic mass is 10.1. The second kappa shape index (κ2) is 4.14. The smallest absolute Gasteiger partial charge is 0.341 e. The molecule has 0 amide bonds. The number of benzene rings is 1. The fourth-order valence-corrected chi connectivity index (χ4v) is 1.37. The third-order valence-corrected chi connectivity index (χ3v) is 2.07. The predicted molar refractivity (Wildman–Crippen MR) is 53.2 cm³/mol. The summed E-state index contributed by atoms with van der Waals surface area (Å²) >= 11 is 0. The number of aromatic nitrogens is 1. The van der Waals surface area contributed by atoms with Crippen LogP contribution >= 0.6 is 0 Å². The summed E-state index contributed by atoms with van der Waals surface area (Å²) in [7, 11) is 1.19. The van der Waals surface area contributed by atoms with Gasteiger partial charge in [0.15, 0.2) is 0 Å². The first kappa shape index (κ1) is 10.4. The summed E-state index contributed by atoms with van der Waals surface area (Å²) < 4.78 is 23.0. The zero-order valence-electron chi connectivity index (χ0n) is 8.44. The molecule has 16 heavy (non-hydrogen) atoms. The Morgan fingerprint density at radius 1 is 1.50 bits per heavy atom. The van der Waals surface area contributed by atoms with Gasteiger partial charge >= 0.3 is 5.97 Å². The number of esters is 1. The van der Waals surface area contributed by atoms with Crippen molar-refractivity contribution in [3.63, 3.8) is 0 Å². The van der Waals surface area contributed by atoms with Crippen LogP contribution in [0.3, 0.4) is 0 Å². The molecule has 1 aromatic heterocycles. The van der Waals surface area contributed by atoms with E-state index in [4.69, 9.17) is 4.42 Å². The van der Waals surface area contributed by atoms with Gasteiger partial charge in [0.1, 0.15) is 17.6 Å². The van der Waals surface area contributed by atoms with Gasteiger partial charge in [-0.05, 0) is 12.1 Å². The van der Waals surface area contributed by atoms with E-state index >= 15 is 0 Å². The van der Waals surface area contributed by atoms with E-state index in [1.165, 1.54) is 31.7 Å². The van der Waals surface area contributed by atoms with Crippen molar-refractivity contribution >= 4 is 5.97 Å². The number of hydrogen-bond donors (Lipinski definition) is 0. The molecule has 5 heteroatoms. The van der Waals surface area contributed by atoms with Crippen LogP contribution in [0.4, 0.5) is 4.39 Å². The largest absolute Gasteiger partial charge is 0.465 e. The van der Waals surface area contributed by atoms with Crippen molar-refractivity contribution in [2.45, 2.75) is 0 Å². The number of nitrogens with zero attached hydrogens (tertiary/aromatic N) is 1. The lowest BCUT2D eigenvalue weighted by Gasteiger charge is -2.05. The number of carbonyl (C=O) groups excluding carboxylic acids is 1. The number of halogens is 1. The SMILES string of the molecule is COC(=O)c1c(F)cccc1-c1ncco1. The maximum atomic E-state index is 13.5. The number of rotatable bonds is 2. The Labute approximate surface area is 90.7 Å². The average molecular weight is 221 g/mol. The minimum absolute atomic E-state index is 0.174. The Kier molecular flexibility index (Phi) is 2.68. The summed E-state index contributed by atoms with van der Waals surface area (Å²) in [6, 6.07) is 4.20. The molecule has 4 nitrogen and oxygen atoms in total. The zero-order chi connectivity index (χ0) is 11.5. The molecule has 0 spiro atoms. The molecule has 0 fully saturated rings. The Morgan fingerprint density at radius 3 is 2.94 bits per heavy atom. The van der Waals surface area contributed by atoms with E-state index in [-0.39, 0.29) is 17.0 Å². The van der Waals surface area contributed by atoms with Gasteiger partial charge in [-0.15, -0.1) is 0 Å². The van der Waals surface area contributed by atoms with Gasteiger partial charge in [-0.25, -0.2) is 14.2 Å². The van der Waals surface area contributed by atoms with Crippen LogP contribution in [0.5, 0.6) is 0 Å². The first-order valence-electron chi connectivity index (χ1n) is 4.50. The molecule has 1 aromatic carbocycles. The van der Waals surface area contributed by atoms with Crippen molar-refractivity contribution < 1.29 is 18.3 Å². The van der Waals surface area contributed by atoms with Crippen molar-refractivity contribution in [2.75, 3.05) is 7.11 Å². The van der Waals surface area contributed by atoms with Gasteiger partial charge in [0.05, 0.1) is 18.9 Å². The maximum absolute atomic E-state index is 13.5. The van der Waals surface area contributed by atoms with Crippen molar-refractivity contribution in [1.82, 2.24) is 4.98 Å². The van der Waals surface area contributed by atoms with Crippen LogP contribution in [-0.4, -0.2) is 18.1 Å². The Hall–Kier alpha value is -2.17. The standard InChI is InChI=1S/C11H8FNO3/c1-15-11(14)9-7(3-2-4-8(9)12)10-13-5-6-16-10/h2-6H,1H3. The predicted octanol–water partition coefficient (Wildman–Crippen LogP) is 2.27. The molecule has 0 atom stereocenters. The molecule has 82 valence electrons. The number of ether oxygens (including phenoxy) is 1. The van der Waals surface area contributed by atoms with Crippen LogP contribution in [0, 0.1) is 5.82 Å². The lowest BCUT2D eigenvalue weighted by Crippen LogP contribution is -2.06.